The van der Waals surface area contributed by atoms with Crippen molar-refractivity contribution < 1.29 is 4.79 Å². The number of carbonyl (C=O) groups excluding carboxylic acids is 1. The number of Topliss-reactive ketones (excluding diaryl/α,β-unsaturated/α-hetero) is 1. The van der Waals surface area contributed by atoms with E-state index in [4.69, 9.17) is 11.6 Å². The molecule has 0 spiro atoms. The van der Waals surface area contributed by atoms with E-state index < -0.39 is 0 Å². The van der Waals surface area contributed by atoms with Gasteiger partial charge < -0.3 is 4.98 Å². The molecule has 0 radical (unpaired) electrons. The van der Waals surface area contributed by atoms with Gasteiger partial charge in [-0.2, -0.15) is 0 Å². The zero-order valence-corrected chi connectivity index (χ0v) is 13.3. The van der Waals surface area contributed by atoms with E-state index in [0.717, 1.165) is 24.5 Å². The van der Waals surface area contributed by atoms with Crippen LogP contribution in [-0.2, 0) is 0 Å². The second kappa shape index (κ2) is 6.94. The molecule has 3 rings (SSSR count). The average molecular weight is 329 g/mol. The summed E-state index contributed by atoms with van der Waals surface area (Å²) in [5.74, 6) is 0.0181. The normalized spacial score (nSPS) is 15.3. The molecule has 0 fully saturated rings. The molecule has 2 heterocycles. The number of aromatic amines is 1. The molecule has 0 saturated carbocycles. The fourth-order valence-electron chi connectivity index (χ4n) is 2.66. The van der Waals surface area contributed by atoms with Gasteiger partial charge >= 0.3 is 0 Å². The number of rotatable bonds is 4. The molecule has 0 bridgehead atoms. The van der Waals surface area contributed by atoms with Crippen molar-refractivity contribution in [2.24, 2.45) is 0 Å². The summed E-state index contributed by atoms with van der Waals surface area (Å²) in [4.78, 5) is 27.9. The van der Waals surface area contributed by atoms with Crippen LogP contribution in [0.1, 0.15) is 22.3 Å². The first-order chi connectivity index (χ1) is 11.1. The van der Waals surface area contributed by atoms with Crippen LogP contribution in [0.15, 0.2) is 53.5 Å². The zero-order chi connectivity index (χ0) is 16.2. The highest BCUT2D eigenvalue weighted by atomic mass is 35.5. The van der Waals surface area contributed by atoms with Crippen molar-refractivity contribution in [3.05, 3.63) is 75.2 Å². The molecule has 0 atom stereocenters. The lowest BCUT2D eigenvalue weighted by molar-refractivity contribution is 0.0937. The Hall–Kier alpha value is -2.17. The van der Waals surface area contributed by atoms with Gasteiger partial charge in [-0.3, -0.25) is 14.5 Å². The number of hydrogen-bond acceptors (Lipinski definition) is 3. The van der Waals surface area contributed by atoms with E-state index in [2.05, 4.69) is 16.0 Å². The molecule has 4 nitrogen and oxygen atoms in total. The number of pyridine rings is 1. The summed E-state index contributed by atoms with van der Waals surface area (Å²) in [5.41, 5.74) is 2.81. The lowest BCUT2D eigenvalue weighted by Crippen LogP contribution is -2.33. The highest BCUT2D eigenvalue weighted by Gasteiger charge is 2.16. The van der Waals surface area contributed by atoms with E-state index in [0.29, 0.717) is 12.1 Å². The minimum Gasteiger partial charge on any atom is -0.328 e. The molecule has 1 N–H and O–H groups in total. The maximum atomic E-state index is 12.2. The average Bonchev–Trinajstić information content (AvgIpc) is 2.57. The van der Waals surface area contributed by atoms with Crippen LogP contribution in [0.5, 0.6) is 0 Å². The van der Waals surface area contributed by atoms with Crippen LogP contribution >= 0.6 is 11.6 Å². The molecule has 1 aliphatic rings. The Kier molecular flexibility index (Phi) is 4.74. The predicted molar refractivity (Wildman–Crippen MR) is 91.9 cm³/mol. The Balaban J connectivity index is 1.62. The minimum absolute atomic E-state index is 0.0181. The van der Waals surface area contributed by atoms with Crippen molar-refractivity contribution in [3.8, 4) is 0 Å². The molecular formula is C18H17ClN2O2. The molecule has 0 aliphatic carbocycles. The molecule has 5 heteroatoms. The van der Waals surface area contributed by atoms with Crippen molar-refractivity contribution in [2.75, 3.05) is 19.6 Å². The van der Waals surface area contributed by atoms with E-state index in [-0.39, 0.29) is 11.3 Å². The third-order valence-electron chi connectivity index (χ3n) is 3.98. The standard InChI is InChI=1S/C18H17ClN2O2/c19-16-4-1-13(2-5-16)14-7-9-21(10-8-14)12-17(22)15-3-6-18(23)20-11-15/h1-7,11H,8-10,12H2,(H,20,23). The van der Waals surface area contributed by atoms with Gasteiger partial charge in [0.05, 0.1) is 6.54 Å². The number of aromatic nitrogens is 1. The maximum Gasteiger partial charge on any atom is 0.247 e. The van der Waals surface area contributed by atoms with Gasteiger partial charge in [-0.1, -0.05) is 29.8 Å². The zero-order valence-electron chi connectivity index (χ0n) is 12.6. The van der Waals surface area contributed by atoms with Crippen molar-refractivity contribution in [3.63, 3.8) is 0 Å². The van der Waals surface area contributed by atoms with Crippen LogP contribution in [0.2, 0.25) is 5.02 Å². The summed E-state index contributed by atoms with van der Waals surface area (Å²) in [6.45, 7) is 1.94. The van der Waals surface area contributed by atoms with Crippen LogP contribution in [0.4, 0.5) is 0 Å². The van der Waals surface area contributed by atoms with Gasteiger partial charge in [0.1, 0.15) is 0 Å². The van der Waals surface area contributed by atoms with Crippen LogP contribution in [0.3, 0.4) is 0 Å². The second-order valence-electron chi connectivity index (χ2n) is 5.59. The van der Waals surface area contributed by atoms with Crippen LogP contribution in [0.25, 0.3) is 5.57 Å². The number of H-pyrrole nitrogens is 1. The molecule has 2 aromatic rings. The number of ketones is 1. The first-order valence-corrected chi connectivity index (χ1v) is 7.89. The number of halogens is 1. The van der Waals surface area contributed by atoms with Gasteiger partial charge in [0.2, 0.25) is 5.56 Å². The van der Waals surface area contributed by atoms with Crippen molar-refractivity contribution in [1.29, 1.82) is 0 Å². The Morgan fingerprint density at radius 2 is 1.96 bits per heavy atom. The number of hydrogen-bond donors (Lipinski definition) is 1. The van der Waals surface area contributed by atoms with Gasteiger partial charge in [0, 0.05) is 35.9 Å². The van der Waals surface area contributed by atoms with Gasteiger partial charge in [-0.15, -0.1) is 0 Å². The number of carbonyl (C=O) groups is 1. The third-order valence-corrected chi connectivity index (χ3v) is 4.23. The summed E-state index contributed by atoms with van der Waals surface area (Å²) >= 11 is 5.91. The van der Waals surface area contributed by atoms with Crippen LogP contribution < -0.4 is 5.56 Å². The second-order valence-corrected chi connectivity index (χ2v) is 6.02. The Bertz CT molecular complexity index is 773. The Morgan fingerprint density at radius 3 is 2.57 bits per heavy atom. The molecule has 1 aliphatic heterocycles. The minimum atomic E-state index is -0.199. The SMILES string of the molecule is O=C(CN1CC=C(c2ccc(Cl)cc2)CC1)c1ccc(=O)[nH]c1. The summed E-state index contributed by atoms with van der Waals surface area (Å²) in [5, 5.41) is 0.735. The number of nitrogens with one attached hydrogen (secondary N) is 1. The van der Waals surface area contributed by atoms with Gasteiger partial charge in [-0.25, -0.2) is 0 Å². The first-order valence-electron chi connectivity index (χ1n) is 7.51. The van der Waals surface area contributed by atoms with Gasteiger partial charge in [0.25, 0.3) is 0 Å². The summed E-state index contributed by atoms with van der Waals surface area (Å²) in [7, 11) is 0. The fraction of sp³-hybridized carbons (Fsp3) is 0.222. The van der Waals surface area contributed by atoms with E-state index in [9.17, 15) is 9.59 Å². The van der Waals surface area contributed by atoms with Crippen molar-refractivity contribution in [2.45, 2.75) is 6.42 Å². The van der Waals surface area contributed by atoms with E-state index in [1.165, 1.54) is 23.4 Å². The summed E-state index contributed by atoms with van der Waals surface area (Å²) in [6, 6.07) is 10.8. The molecule has 1 aromatic carbocycles. The van der Waals surface area contributed by atoms with Gasteiger partial charge in [-0.05, 0) is 35.8 Å². The molecule has 1 aromatic heterocycles. The maximum absolute atomic E-state index is 12.2. The molecule has 118 valence electrons. The van der Waals surface area contributed by atoms with E-state index in [1.54, 1.807) is 6.07 Å². The first kappa shape index (κ1) is 15.7. The smallest absolute Gasteiger partial charge is 0.247 e. The van der Waals surface area contributed by atoms with Crippen molar-refractivity contribution >= 4 is 23.0 Å². The number of benzene rings is 1. The molecule has 0 saturated heterocycles. The molecular weight excluding hydrogens is 312 g/mol. The van der Waals surface area contributed by atoms with Crippen LogP contribution in [-0.4, -0.2) is 35.3 Å². The fourth-order valence-corrected chi connectivity index (χ4v) is 2.79. The lowest BCUT2D eigenvalue weighted by atomic mass is 9.99. The largest absolute Gasteiger partial charge is 0.328 e. The van der Waals surface area contributed by atoms with E-state index in [1.807, 2.05) is 24.3 Å². The lowest BCUT2D eigenvalue weighted by Gasteiger charge is -2.25. The monoisotopic (exact) mass is 328 g/mol. The quantitative estimate of drug-likeness (QED) is 0.878. The molecule has 0 amide bonds. The Morgan fingerprint density at radius 1 is 1.17 bits per heavy atom. The summed E-state index contributed by atoms with van der Waals surface area (Å²) < 4.78 is 0. The molecule has 23 heavy (non-hydrogen) atoms. The third kappa shape index (κ3) is 3.97. The van der Waals surface area contributed by atoms with E-state index >= 15 is 0 Å². The summed E-state index contributed by atoms with van der Waals surface area (Å²) in [6.07, 6.45) is 4.54. The topological polar surface area (TPSA) is 53.2 Å². The highest BCUT2D eigenvalue weighted by Crippen LogP contribution is 2.23. The van der Waals surface area contributed by atoms with Crippen molar-refractivity contribution in [1.82, 2.24) is 9.88 Å². The van der Waals surface area contributed by atoms with Crippen LogP contribution in [0, 0.1) is 0 Å². The number of nitrogens with zero attached hydrogens (tertiary/aromatic N) is 1. The predicted octanol–water partition coefficient (Wildman–Crippen LogP) is 3.00. The highest BCUT2D eigenvalue weighted by molar-refractivity contribution is 6.30. The van der Waals surface area contributed by atoms with Gasteiger partial charge in [0.15, 0.2) is 5.78 Å². The Labute approximate surface area is 139 Å². The molecule has 0 unspecified atom stereocenters.